The molecule has 150 valence electrons. The van der Waals surface area contributed by atoms with Crippen molar-refractivity contribution in [3.63, 3.8) is 0 Å². The zero-order valence-corrected chi connectivity index (χ0v) is 16.5. The van der Waals surface area contributed by atoms with E-state index in [1.165, 1.54) is 10.4 Å². The van der Waals surface area contributed by atoms with Crippen LogP contribution in [0.4, 0.5) is 0 Å². The summed E-state index contributed by atoms with van der Waals surface area (Å²) >= 11 is 1.12. The van der Waals surface area contributed by atoms with Gasteiger partial charge in [-0.3, -0.25) is 14.6 Å². The topological polar surface area (TPSA) is 118 Å². The fraction of sp³-hybridized carbons (Fsp3) is 0.353. The molecule has 0 spiro atoms. The van der Waals surface area contributed by atoms with Crippen LogP contribution in [0.15, 0.2) is 46.2 Å². The van der Waals surface area contributed by atoms with Gasteiger partial charge in [-0.15, -0.1) is 11.3 Å². The molecule has 3 heterocycles. The Morgan fingerprint density at radius 2 is 1.96 bits per heavy atom. The van der Waals surface area contributed by atoms with Gasteiger partial charge in [0.1, 0.15) is 10.4 Å². The van der Waals surface area contributed by atoms with Crippen LogP contribution in [0.25, 0.3) is 0 Å². The fourth-order valence-electron chi connectivity index (χ4n) is 2.65. The van der Waals surface area contributed by atoms with Gasteiger partial charge in [0, 0.05) is 25.5 Å². The summed E-state index contributed by atoms with van der Waals surface area (Å²) in [5.74, 6) is -1.66. The third-order valence-electron chi connectivity index (χ3n) is 4.06. The Hall–Kier alpha value is -2.34. The lowest BCUT2D eigenvalue weighted by Gasteiger charge is -2.34. The Bertz CT molecular complexity index is 903. The number of hydrogen-bond acceptors (Lipinski definition) is 7. The molecule has 0 bridgehead atoms. The van der Waals surface area contributed by atoms with Crippen molar-refractivity contribution in [2.24, 2.45) is 0 Å². The zero-order chi connectivity index (χ0) is 20.0. The lowest BCUT2D eigenvalue weighted by molar-refractivity contribution is -0.140. The normalized spacial score (nSPS) is 17.8. The van der Waals surface area contributed by atoms with Gasteiger partial charge in [-0.2, -0.15) is 4.31 Å². The Balaban J connectivity index is 1.55. The molecule has 1 saturated heterocycles. The van der Waals surface area contributed by atoms with E-state index in [-0.39, 0.29) is 23.8 Å². The molecule has 1 aliphatic rings. The fourth-order valence-corrected chi connectivity index (χ4v) is 5.34. The van der Waals surface area contributed by atoms with Gasteiger partial charge in [0.25, 0.3) is 10.0 Å². The molecule has 0 aromatic carbocycles. The van der Waals surface area contributed by atoms with E-state index in [1.54, 1.807) is 36.0 Å². The van der Waals surface area contributed by atoms with Gasteiger partial charge in [-0.25, -0.2) is 8.42 Å². The highest BCUT2D eigenvalue weighted by molar-refractivity contribution is 7.91. The molecule has 2 amide bonds. The van der Waals surface area contributed by atoms with E-state index in [1.807, 2.05) is 0 Å². The number of hydrogen-bond donors (Lipinski definition) is 2. The number of aromatic nitrogens is 1. The number of nitrogens with zero attached hydrogens (tertiary/aromatic N) is 2. The van der Waals surface area contributed by atoms with Crippen LogP contribution in [-0.4, -0.2) is 55.4 Å². The maximum Gasteiger partial charge on any atom is 0.309 e. The maximum absolute atomic E-state index is 12.8. The van der Waals surface area contributed by atoms with Crippen LogP contribution in [0.3, 0.4) is 0 Å². The summed E-state index contributed by atoms with van der Waals surface area (Å²) in [6.07, 6.45) is 2.87. The highest BCUT2D eigenvalue weighted by atomic mass is 32.2. The molecule has 3 rings (SSSR count). The second kappa shape index (κ2) is 9.24. The van der Waals surface area contributed by atoms with Crippen LogP contribution in [0.1, 0.15) is 12.0 Å². The molecule has 11 heteroatoms. The van der Waals surface area contributed by atoms with E-state index in [0.717, 1.165) is 16.9 Å². The highest BCUT2D eigenvalue weighted by Crippen LogP contribution is 2.25. The van der Waals surface area contributed by atoms with Crippen molar-refractivity contribution < 1.29 is 22.7 Å². The minimum atomic E-state index is -3.71. The summed E-state index contributed by atoms with van der Waals surface area (Å²) < 4.78 is 32.5. The lowest BCUT2D eigenvalue weighted by atomic mass is 10.3. The predicted molar refractivity (Wildman–Crippen MR) is 102 cm³/mol. The largest absolute Gasteiger partial charge is 0.360 e. The van der Waals surface area contributed by atoms with E-state index < -0.39 is 28.1 Å². The minimum Gasteiger partial charge on any atom is -0.360 e. The molecule has 9 nitrogen and oxygen atoms in total. The molecule has 1 atom stereocenters. The second-order valence-corrected chi connectivity index (χ2v) is 9.04. The first-order valence-corrected chi connectivity index (χ1v) is 10.9. The molecule has 2 aromatic heterocycles. The van der Waals surface area contributed by atoms with Gasteiger partial charge in [0.05, 0.1) is 13.2 Å². The summed E-state index contributed by atoms with van der Waals surface area (Å²) in [6, 6.07) is 6.63. The summed E-state index contributed by atoms with van der Waals surface area (Å²) in [6.45, 7) is 0.736. The number of pyridine rings is 1. The van der Waals surface area contributed by atoms with Crippen molar-refractivity contribution in [3.05, 3.63) is 47.6 Å². The number of ether oxygens (including phenoxy) is 1. The molecule has 1 aliphatic heterocycles. The van der Waals surface area contributed by atoms with Gasteiger partial charge < -0.3 is 15.4 Å². The van der Waals surface area contributed by atoms with Gasteiger partial charge >= 0.3 is 11.8 Å². The number of nitrogens with one attached hydrogen (secondary N) is 2. The Labute approximate surface area is 166 Å². The number of sulfonamides is 1. The molecular weight excluding hydrogens is 404 g/mol. The molecule has 0 aliphatic carbocycles. The standard InChI is InChI=1S/C17H20N4O5S2/c22-16(19-11-13-4-6-18-7-5-13)17(23)20-12-14-21(8-2-9-26-14)28(24,25)15-3-1-10-27-15/h1,3-7,10,14H,2,8-9,11-12H2,(H,19,22)(H,20,23)/t14-/m1/s1. The number of rotatable bonds is 6. The third kappa shape index (κ3) is 4.93. The van der Waals surface area contributed by atoms with Crippen LogP contribution in [0.2, 0.25) is 0 Å². The van der Waals surface area contributed by atoms with Gasteiger partial charge in [0.15, 0.2) is 0 Å². The zero-order valence-electron chi connectivity index (χ0n) is 14.9. The molecule has 0 radical (unpaired) electrons. The molecule has 28 heavy (non-hydrogen) atoms. The average molecular weight is 425 g/mol. The van der Waals surface area contributed by atoms with Crippen LogP contribution in [-0.2, 0) is 30.9 Å². The van der Waals surface area contributed by atoms with Crippen molar-refractivity contribution in [2.45, 2.75) is 23.4 Å². The quantitative estimate of drug-likeness (QED) is 0.645. The molecule has 2 aromatic rings. The number of carbonyl (C=O) groups is 2. The average Bonchev–Trinajstić information content (AvgIpc) is 3.27. The van der Waals surface area contributed by atoms with Crippen molar-refractivity contribution in [1.29, 1.82) is 0 Å². The minimum absolute atomic E-state index is 0.119. The summed E-state index contributed by atoms with van der Waals surface area (Å²) in [5.41, 5.74) is 0.806. The Kier molecular flexibility index (Phi) is 6.73. The second-order valence-electron chi connectivity index (χ2n) is 5.98. The van der Waals surface area contributed by atoms with E-state index in [0.29, 0.717) is 13.0 Å². The van der Waals surface area contributed by atoms with E-state index in [2.05, 4.69) is 15.6 Å². The van der Waals surface area contributed by atoms with Crippen molar-refractivity contribution in [1.82, 2.24) is 19.9 Å². The number of carbonyl (C=O) groups excluding carboxylic acids is 2. The van der Waals surface area contributed by atoms with E-state index in [4.69, 9.17) is 4.74 Å². The van der Waals surface area contributed by atoms with Gasteiger partial charge in [-0.05, 0) is 35.6 Å². The Morgan fingerprint density at radius 1 is 1.21 bits per heavy atom. The Morgan fingerprint density at radius 3 is 2.68 bits per heavy atom. The van der Waals surface area contributed by atoms with Crippen LogP contribution in [0.5, 0.6) is 0 Å². The summed E-state index contributed by atoms with van der Waals surface area (Å²) in [5, 5.41) is 6.63. The number of amides is 2. The van der Waals surface area contributed by atoms with Crippen LogP contribution >= 0.6 is 11.3 Å². The third-order valence-corrected chi connectivity index (χ3v) is 7.32. The first-order chi connectivity index (χ1) is 13.5. The van der Waals surface area contributed by atoms with E-state index in [9.17, 15) is 18.0 Å². The lowest BCUT2D eigenvalue weighted by Crippen LogP contribution is -2.52. The van der Waals surface area contributed by atoms with Gasteiger partial charge in [0.2, 0.25) is 0 Å². The summed E-state index contributed by atoms with van der Waals surface area (Å²) in [4.78, 5) is 27.9. The van der Waals surface area contributed by atoms with Crippen molar-refractivity contribution in [2.75, 3.05) is 19.7 Å². The highest BCUT2D eigenvalue weighted by Gasteiger charge is 2.35. The first-order valence-electron chi connectivity index (χ1n) is 8.60. The predicted octanol–water partition coefficient (Wildman–Crippen LogP) is 0.313. The van der Waals surface area contributed by atoms with E-state index >= 15 is 0 Å². The molecule has 0 unspecified atom stereocenters. The first kappa shape index (κ1) is 20.4. The van der Waals surface area contributed by atoms with Gasteiger partial charge in [-0.1, -0.05) is 6.07 Å². The molecule has 2 N–H and O–H groups in total. The molecule has 1 fully saturated rings. The number of thiophene rings is 1. The van der Waals surface area contributed by atoms with Crippen molar-refractivity contribution in [3.8, 4) is 0 Å². The molecular formula is C17H20N4O5S2. The van der Waals surface area contributed by atoms with Crippen molar-refractivity contribution >= 4 is 33.2 Å². The van der Waals surface area contributed by atoms with Crippen LogP contribution in [0, 0.1) is 0 Å². The summed E-state index contributed by atoms with van der Waals surface area (Å²) in [7, 11) is -3.71. The van der Waals surface area contributed by atoms with Crippen LogP contribution < -0.4 is 10.6 Å². The molecule has 0 saturated carbocycles. The monoisotopic (exact) mass is 424 g/mol. The smallest absolute Gasteiger partial charge is 0.309 e. The maximum atomic E-state index is 12.8. The SMILES string of the molecule is O=C(NCc1ccncc1)C(=O)NC[C@H]1OCCCN1S(=O)(=O)c1cccs1.